The minimum atomic E-state index is 0.0312. The highest BCUT2D eigenvalue weighted by Gasteiger charge is 1.98. The van der Waals surface area contributed by atoms with Gasteiger partial charge in [-0.1, -0.05) is 18.2 Å². The van der Waals surface area contributed by atoms with E-state index in [1.807, 2.05) is 54.6 Å². The van der Waals surface area contributed by atoms with Gasteiger partial charge in [-0.15, -0.1) is 0 Å². The molecule has 3 rings (SSSR count). The van der Waals surface area contributed by atoms with Crippen LogP contribution in [0.3, 0.4) is 0 Å². The zero-order valence-electron chi connectivity index (χ0n) is 13.7. The predicted molar refractivity (Wildman–Crippen MR) is 97.7 cm³/mol. The Hall–Kier alpha value is -3.47. The third-order valence-corrected chi connectivity index (χ3v) is 3.44. The number of hydrogen-bond acceptors (Lipinski definition) is 5. The molecule has 0 fully saturated rings. The Balaban J connectivity index is 1.66. The second-order valence-electron chi connectivity index (χ2n) is 5.36. The lowest BCUT2D eigenvalue weighted by atomic mass is 10.1. The third kappa shape index (κ3) is 4.75. The SMILES string of the molecule is CC(=O)c1ccc(N=Nc2ccc(N=Nc3ccccc3)cc2)cc1. The molecule has 0 unspecified atom stereocenters. The molecule has 0 radical (unpaired) electrons. The maximum Gasteiger partial charge on any atom is 0.159 e. The molecular weight excluding hydrogens is 312 g/mol. The molecule has 25 heavy (non-hydrogen) atoms. The number of hydrogen-bond donors (Lipinski definition) is 0. The van der Waals surface area contributed by atoms with Crippen LogP contribution in [0, 0.1) is 0 Å². The lowest BCUT2D eigenvalue weighted by Gasteiger charge is -1.97. The van der Waals surface area contributed by atoms with Gasteiger partial charge in [0.2, 0.25) is 0 Å². The first-order valence-corrected chi connectivity index (χ1v) is 7.80. The van der Waals surface area contributed by atoms with Crippen LogP contribution in [0.2, 0.25) is 0 Å². The highest BCUT2D eigenvalue weighted by Crippen LogP contribution is 2.23. The van der Waals surface area contributed by atoms with E-state index in [-0.39, 0.29) is 5.78 Å². The molecule has 0 spiro atoms. The monoisotopic (exact) mass is 328 g/mol. The molecule has 0 aliphatic heterocycles. The van der Waals surface area contributed by atoms with Crippen molar-refractivity contribution in [2.75, 3.05) is 0 Å². The second-order valence-corrected chi connectivity index (χ2v) is 5.36. The van der Waals surface area contributed by atoms with E-state index in [4.69, 9.17) is 0 Å². The highest BCUT2D eigenvalue weighted by atomic mass is 16.1. The molecule has 0 aliphatic rings. The second kappa shape index (κ2) is 7.88. The zero-order valence-corrected chi connectivity index (χ0v) is 13.7. The maximum absolute atomic E-state index is 11.2. The Morgan fingerprint density at radius 1 is 0.560 bits per heavy atom. The Labute approximate surface area is 145 Å². The minimum Gasteiger partial charge on any atom is -0.295 e. The molecule has 5 heteroatoms. The lowest BCUT2D eigenvalue weighted by molar-refractivity contribution is 0.101. The molecule has 5 nitrogen and oxygen atoms in total. The molecule has 0 aliphatic carbocycles. The Morgan fingerprint density at radius 2 is 0.920 bits per heavy atom. The Bertz CT molecular complexity index is 899. The van der Waals surface area contributed by atoms with Gasteiger partial charge in [0.15, 0.2) is 5.78 Å². The first-order valence-electron chi connectivity index (χ1n) is 7.80. The Kier molecular flexibility index (Phi) is 5.16. The summed E-state index contributed by atoms with van der Waals surface area (Å²) in [7, 11) is 0. The third-order valence-electron chi connectivity index (χ3n) is 3.44. The van der Waals surface area contributed by atoms with E-state index in [0.29, 0.717) is 16.9 Å². The van der Waals surface area contributed by atoms with Gasteiger partial charge in [0.05, 0.1) is 22.7 Å². The van der Waals surface area contributed by atoms with Crippen LogP contribution in [-0.2, 0) is 0 Å². The number of Topliss-reactive ketones (excluding diaryl/α,β-unsaturated/α-hetero) is 1. The van der Waals surface area contributed by atoms with Crippen molar-refractivity contribution in [1.82, 2.24) is 0 Å². The van der Waals surface area contributed by atoms with Crippen molar-refractivity contribution in [3.05, 3.63) is 84.4 Å². The van der Waals surface area contributed by atoms with Gasteiger partial charge in [0, 0.05) is 5.56 Å². The molecule has 0 atom stereocenters. The Morgan fingerprint density at radius 3 is 1.32 bits per heavy atom. The molecular formula is C20H16N4O. The van der Waals surface area contributed by atoms with Crippen molar-refractivity contribution >= 4 is 28.5 Å². The van der Waals surface area contributed by atoms with E-state index >= 15 is 0 Å². The summed E-state index contributed by atoms with van der Waals surface area (Å²) in [4.78, 5) is 11.2. The van der Waals surface area contributed by atoms with Crippen LogP contribution in [-0.4, -0.2) is 5.78 Å². The summed E-state index contributed by atoms with van der Waals surface area (Å²) < 4.78 is 0. The fourth-order valence-electron chi connectivity index (χ4n) is 2.07. The standard InChI is InChI=1S/C20H16N4O/c1-15(25)16-7-9-18(10-8-16)22-24-20-13-11-19(12-14-20)23-21-17-5-3-2-4-6-17/h2-14H,1H3. The predicted octanol–water partition coefficient (Wildman–Crippen LogP) is 6.72. The van der Waals surface area contributed by atoms with Crippen LogP contribution in [0.15, 0.2) is 99.3 Å². The average Bonchev–Trinajstić information content (AvgIpc) is 2.67. The molecule has 0 saturated carbocycles. The fraction of sp³-hybridized carbons (Fsp3) is 0.0500. The van der Waals surface area contributed by atoms with Crippen LogP contribution in [0.5, 0.6) is 0 Å². The van der Waals surface area contributed by atoms with Crippen molar-refractivity contribution < 1.29 is 4.79 Å². The number of benzene rings is 3. The molecule has 0 aromatic heterocycles. The van der Waals surface area contributed by atoms with E-state index in [9.17, 15) is 4.79 Å². The van der Waals surface area contributed by atoms with E-state index < -0.39 is 0 Å². The van der Waals surface area contributed by atoms with Crippen LogP contribution >= 0.6 is 0 Å². The molecule has 0 saturated heterocycles. The van der Waals surface area contributed by atoms with Gasteiger partial charge < -0.3 is 0 Å². The molecule has 122 valence electrons. The van der Waals surface area contributed by atoms with Crippen LogP contribution < -0.4 is 0 Å². The van der Waals surface area contributed by atoms with Gasteiger partial charge in [-0.25, -0.2) is 0 Å². The number of azo groups is 2. The summed E-state index contributed by atoms with van der Waals surface area (Å²) in [6.45, 7) is 1.53. The summed E-state index contributed by atoms with van der Waals surface area (Å²) in [5.41, 5.74) is 3.62. The van der Waals surface area contributed by atoms with Crippen molar-refractivity contribution in [1.29, 1.82) is 0 Å². The smallest absolute Gasteiger partial charge is 0.159 e. The number of nitrogens with zero attached hydrogens (tertiary/aromatic N) is 4. The zero-order chi connectivity index (χ0) is 17.5. The van der Waals surface area contributed by atoms with Crippen LogP contribution in [0.25, 0.3) is 0 Å². The summed E-state index contributed by atoms with van der Waals surface area (Å²) in [5.74, 6) is 0.0312. The molecule has 3 aromatic rings. The lowest BCUT2D eigenvalue weighted by Crippen LogP contribution is -1.89. The van der Waals surface area contributed by atoms with E-state index in [1.165, 1.54) is 6.92 Å². The molecule has 3 aromatic carbocycles. The number of carbonyl (C=O) groups excluding carboxylic acids is 1. The van der Waals surface area contributed by atoms with Gasteiger partial charge in [0.1, 0.15) is 0 Å². The van der Waals surface area contributed by atoms with Gasteiger partial charge >= 0.3 is 0 Å². The van der Waals surface area contributed by atoms with Crippen molar-refractivity contribution in [3.63, 3.8) is 0 Å². The summed E-state index contributed by atoms with van der Waals surface area (Å²) in [6, 6.07) is 23.9. The van der Waals surface area contributed by atoms with Crippen molar-refractivity contribution in [2.45, 2.75) is 6.92 Å². The highest BCUT2D eigenvalue weighted by molar-refractivity contribution is 5.94. The van der Waals surface area contributed by atoms with Gasteiger partial charge in [-0.05, 0) is 67.6 Å². The largest absolute Gasteiger partial charge is 0.295 e. The summed E-state index contributed by atoms with van der Waals surface area (Å²) in [6.07, 6.45) is 0. The van der Waals surface area contributed by atoms with Gasteiger partial charge in [0.25, 0.3) is 0 Å². The maximum atomic E-state index is 11.2. The number of carbonyl (C=O) groups is 1. The molecule has 0 heterocycles. The molecule has 0 amide bonds. The van der Waals surface area contributed by atoms with Crippen molar-refractivity contribution in [3.8, 4) is 0 Å². The van der Waals surface area contributed by atoms with E-state index in [0.717, 1.165) is 11.4 Å². The molecule has 0 bridgehead atoms. The normalized spacial score (nSPS) is 11.2. The van der Waals surface area contributed by atoms with Gasteiger partial charge in [-0.2, -0.15) is 20.5 Å². The first-order chi connectivity index (χ1) is 12.2. The fourth-order valence-corrected chi connectivity index (χ4v) is 2.07. The quantitative estimate of drug-likeness (QED) is 0.378. The van der Waals surface area contributed by atoms with E-state index in [1.54, 1.807) is 24.3 Å². The summed E-state index contributed by atoms with van der Waals surface area (Å²) >= 11 is 0. The van der Waals surface area contributed by atoms with E-state index in [2.05, 4.69) is 20.5 Å². The van der Waals surface area contributed by atoms with Gasteiger partial charge in [-0.3, -0.25) is 4.79 Å². The molecule has 0 N–H and O–H groups in total. The topological polar surface area (TPSA) is 66.5 Å². The number of rotatable bonds is 5. The van der Waals surface area contributed by atoms with Crippen LogP contribution in [0.4, 0.5) is 22.7 Å². The van der Waals surface area contributed by atoms with Crippen LogP contribution in [0.1, 0.15) is 17.3 Å². The average molecular weight is 328 g/mol. The minimum absolute atomic E-state index is 0.0312. The first kappa shape index (κ1) is 16.4. The number of ketones is 1. The summed E-state index contributed by atoms with van der Waals surface area (Å²) in [5, 5.41) is 16.7. The van der Waals surface area contributed by atoms with Crippen molar-refractivity contribution in [2.24, 2.45) is 20.5 Å².